The summed E-state index contributed by atoms with van der Waals surface area (Å²) in [7, 11) is 1.35. The van der Waals surface area contributed by atoms with E-state index in [4.69, 9.17) is 26.8 Å². The number of nitrogens with zero attached hydrogens (tertiary/aromatic N) is 3. The van der Waals surface area contributed by atoms with Gasteiger partial charge in [0.1, 0.15) is 16.4 Å². The minimum absolute atomic E-state index is 0.162. The van der Waals surface area contributed by atoms with E-state index >= 15 is 0 Å². The van der Waals surface area contributed by atoms with Crippen LogP contribution in [0.3, 0.4) is 0 Å². The second kappa shape index (κ2) is 11.4. The number of hydrogen-bond acceptors (Lipinski definition) is 9. The number of nitrogens with two attached hydrogens (primary N) is 1. The van der Waals surface area contributed by atoms with Crippen molar-refractivity contribution in [3.05, 3.63) is 70.5 Å². The Kier molecular flexibility index (Phi) is 8.07. The Balaban J connectivity index is 1.38. The van der Waals surface area contributed by atoms with Gasteiger partial charge < -0.3 is 25.4 Å². The van der Waals surface area contributed by atoms with Crippen LogP contribution >= 0.6 is 23.4 Å². The number of pyridine rings is 2. The van der Waals surface area contributed by atoms with E-state index in [1.165, 1.54) is 24.4 Å². The van der Waals surface area contributed by atoms with Gasteiger partial charge in [0.15, 0.2) is 5.69 Å². The second-order valence-electron chi connectivity index (χ2n) is 11.4. The highest BCUT2D eigenvalue weighted by Gasteiger charge is 2.49. The van der Waals surface area contributed by atoms with Gasteiger partial charge in [0, 0.05) is 29.6 Å². The first-order chi connectivity index (χ1) is 19.5. The van der Waals surface area contributed by atoms with Crippen molar-refractivity contribution in [1.82, 2.24) is 15.3 Å². The maximum atomic E-state index is 12.9. The first-order valence-electron chi connectivity index (χ1n) is 13.5. The maximum Gasteiger partial charge on any atom is 0.408 e. The Morgan fingerprint density at radius 2 is 1.88 bits per heavy atom. The molecule has 41 heavy (non-hydrogen) atoms. The second-order valence-corrected chi connectivity index (χ2v) is 12.9. The van der Waals surface area contributed by atoms with E-state index in [2.05, 4.69) is 32.3 Å². The van der Waals surface area contributed by atoms with E-state index in [9.17, 15) is 9.59 Å². The highest BCUT2D eigenvalue weighted by Crippen LogP contribution is 2.52. The molecule has 3 aromatic rings. The summed E-state index contributed by atoms with van der Waals surface area (Å²) in [5.74, 6) is -0.280. The van der Waals surface area contributed by atoms with Crippen LogP contribution in [0.1, 0.15) is 61.3 Å². The Labute approximate surface area is 249 Å². The van der Waals surface area contributed by atoms with Crippen LogP contribution < -0.4 is 16.0 Å². The fourth-order valence-electron chi connectivity index (χ4n) is 5.73. The van der Waals surface area contributed by atoms with Crippen LogP contribution in [-0.2, 0) is 15.9 Å². The number of piperidine rings is 1. The molecule has 9 nitrogen and oxygen atoms in total. The fraction of sp³-hybridized carbons (Fsp3) is 0.400. The molecule has 0 unspecified atom stereocenters. The molecular weight excluding hydrogens is 562 g/mol. The molecular formula is C30H34ClN5O4S. The van der Waals surface area contributed by atoms with Crippen LogP contribution in [0.15, 0.2) is 58.6 Å². The van der Waals surface area contributed by atoms with Crippen LogP contribution in [0, 0.1) is 5.41 Å². The van der Waals surface area contributed by atoms with Gasteiger partial charge in [0.2, 0.25) is 0 Å². The molecule has 216 valence electrons. The summed E-state index contributed by atoms with van der Waals surface area (Å²) in [6, 6.07) is 13.6. The molecule has 1 aromatic carbocycles. The zero-order valence-corrected chi connectivity index (χ0v) is 25.1. The van der Waals surface area contributed by atoms with Crippen molar-refractivity contribution >= 4 is 46.9 Å². The van der Waals surface area contributed by atoms with Gasteiger partial charge >= 0.3 is 12.1 Å². The number of esters is 1. The zero-order valence-electron chi connectivity index (χ0n) is 23.6. The number of nitrogens with one attached hydrogen (secondary N) is 1. The van der Waals surface area contributed by atoms with E-state index in [1.54, 1.807) is 12.3 Å². The number of alkyl carbamates (subject to hydrolysis) is 1. The molecule has 1 aliphatic carbocycles. The van der Waals surface area contributed by atoms with Crippen LogP contribution in [0.4, 0.5) is 16.3 Å². The first kappa shape index (κ1) is 29.0. The van der Waals surface area contributed by atoms with E-state index in [-0.39, 0.29) is 23.0 Å². The summed E-state index contributed by atoms with van der Waals surface area (Å²) in [6.45, 7) is 6.96. The van der Waals surface area contributed by atoms with Crippen LogP contribution in [0.5, 0.6) is 0 Å². The first-order valence-corrected chi connectivity index (χ1v) is 14.7. The van der Waals surface area contributed by atoms with Gasteiger partial charge in [-0.05, 0) is 69.4 Å². The number of fused-ring (bicyclic) bond motifs is 1. The van der Waals surface area contributed by atoms with Gasteiger partial charge in [0.25, 0.3) is 0 Å². The van der Waals surface area contributed by atoms with Crippen LogP contribution in [0.25, 0.3) is 0 Å². The number of rotatable bonds is 5. The minimum atomic E-state index is -0.587. The summed E-state index contributed by atoms with van der Waals surface area (Å²) in [4.78, 5) is 37.2. The van der Waals surface area contributed by atoms with Gasteiger partial charge in [-0.2, -0.15) is 0 Å². The lowest BCUT2D eigenvalue weighted by Gasteiger charge is -2.44. The number of hydrogen-bond donors (Lipinski definition) is 2. The lowest BCUT2D eigenvalue weighted by molar-refractivity contribution is 0.0427. The predicted molar refractivity (Wildman–Crippen MR) is 159 cm³/mol. The number of aromatic nitrogens is 2. The lowest BCUT2D eigenvalue weighted by atomic mass is 9.72. The molecule has 1 saturated heterocycles. The molecule has 2 aliphatic rings. The molecule has 5 rings (SSSR count). The zero-order chi connectivity index (χ0) is 29.4. The normalized spacial score (nSPS) is 17.7. The molecule has 0 bridgehead atoms. The molecule has 1 spiro atoms. The number of amides is 1. The van der Waals surface area contributed by atoms with Crippen molar-refractivity contribution < 1.29 is 19.1 Å². The molecule has 2 aromatic heterocycles. The van der Waals surface area contributed by atoms with Gasteiger partial charge in [-0.3, -0.25) is 0 Å². The molecule has 3 N–H and O–H groups in total. The molecule has 0 radical (unpaired) electrons. The Hall–Kier alpha value is -3.50. The number of anilines is 2. The van der Waals surface area contributed by atoms with E-state index in [0.29, 0.717) is 33.7 Å². The summed E-state index contributed by atoms with van der Waals surface area (Å²) in [6.07, 6.45) is 3.65. The monoisotopic (exact) mass is 595 g/mol. The highest BCUT2D eigenvalue weighted by molar-refractivity contribution is 7.99. The third-order valence-electron chi connectivity index (χ3n) is 7.60. The Morgan fingerprint density at radius 1 is 1.15 bits per heavy atom. The van der Waals surface area contributed by atoms with Crippen LogP contribution in [-0.4, -0.2) is 47.8 Å². The average molecular weight is 596 g/mol. The smallest absolute Gasteiger partial charge is 0.408 e. The molecule has 3 heterocycles. The fourth-order valence-corrected chi connectivity index (χ4v) is 6.78. The third kappa shape index (κ3) is 6.08. The van der Waals surface area contributed by atoms with E-state index < -0.39 is 17.7 Å². The molecule has 1 fully saturated rings. The number of benzene rings is 1. The van der Waals surface area contributed by atoms with Crippen LogP contribution in [0.2, 0.25) is 5.02 Å². The number of carbonyl (C=O) groups is 2. The van der Waals surface area contributed by atoms with Crippen molar-refractivity contribution in [2.24, 2.45) is 5.41 Å². The number of nitrogen functional groups attached to an aromatic ring is 1. The Morgan fingerprint density at radius 3 is 2.59 bits per heavy atom. The van der Waals surface area contributed by atoms with Gasteiger partial charge in [-0.1, -0.05) is 47.6 Å². The van der Waals surface area contributed by atoms with Gasteiger partial charge in [-0.25, -0.2) is 19.6 Å². The number of ether oxygens (including phenoxy) is 2. The van der Waals surface area contributed by atoms with Crippen molar-refractivity contribution in [3.63, 3.8) is 0 Å². The average Bonchev–Trinajstić information content (AvgIpc) is 3.22. The predicted octanol–water partition coefficient (Wildman–Crippen LogP) is 6.06. The van der Waals surface area contributed by atoms with E-state index in [0.717, 1.165) is 24.8 Å². The summed E-state index contributed by atoms with van der Waals surface area (Å²) in [5, 5.41) is 4.12. The van der Waals surface area contributed by atoms with Gasteiger partial charge in [-0.15, -0.1) is 0 Å². The molecule has 1 atom stereocenters. The minimum Gasteiger partial charge on any atom is -0.464 e. The summed E-state index contributed by atoms with van der Waals surface area (Å²) < 4.78 is 10.7. The molecule has 0 saturated carbocycles. The summed E-state index contributed by atoms with van der Waals surface area (Å²) in [5.41, 5.74) is 8.44. The quantitative estimate of drug-likeness (QED) is 0.339. The number of halogens is 1. The Bertz CT molecular complexity index is 1470. The van der Waals surface area contributed by atoms with Crippen molar-refractivity contribution in [3.8, 4) is 0 Å². The SMILES string of the molecule is COC(=O)c1nc(Sc2ccnc(N)c2Cl)ccc1N1CCC2(CC1)Cc1ccccc1[C@H]2NC(=O)OC(C)(C)C. The van der Waals surface area contributed by atoms with Crippen molar-refractivity contribution in [2.75, 3.05) is 30.8 Å². The van der Waals surface area contributed by atoms with Gasteiger partial charge in [0.05, 0.1) is 23.9 Å². The topological polar surface area (TPSA) is 120 Å². The third-order valence-corrected chi connectivity index (χ3v) is 9.11. The highest BCUT2D eigenvalue weighted by atomic mass is 35.5. The van der Waals surface area contributed by atoms with E-state index in [1.807, 2.05) is 45.0 Å². The molecule has 1 amide bonds. The lowest BCUT2D eigenvalue weighted by Crippen LogP contribution is -2.48. The van der Waals surface area contributed by atoms with Crippen molar-refractivity contribution in [2.45, 2.75) is 61.6 Å². The number of methoxy groups -OCH3 is 1. The standard InChI is InChI=1S/C30H34ClN5O4S/c1-29(2,3)40-28(38)35-25-19-8-6-5-7-18(19)17-30(25)12-15-36(16-13-30)20-9-10-22(34-24(20)27(37)39-4)41-21-11-14-33-26(32)23(21)31/h5-11,14,25H,12-13,15-17H2,1-4H3,(H2,32,33)(H,35,38)/t25-/m1/s1. The summed E-state index contributed by atoms with van der Waals surface area (Å²) >= 11 is 7.63. The largest absolute Gasteiger partial charge is 0.464 e. The number of carbonyl (C=O) groups excluding carboxylic acids is 2. The van der Waals surface area contributed by atoms with Crippen molar-refractivity contribution in [1.29, 1.82) is 0 Å². The molecule has 1 aliphatic heterocycles. The maximum absolute atomic E-state index is 12.9. The molecule has 11 heteroatoms.